The largest absolute Gasteiger partial charge is 0.326 e. The lowest BCUT2D eigenvalue weighted by atomic mass is 10.0. The standard InChI is InChI=1S/C17H23BrN2S/c1-4-14(19)17(15-9-10-16(18)21-15)20(3)11-13-8-6-5-7-12(13)2/h5-10,14,17H,4,11,19H2,1-3H3. The van der Waals surface area contributed by atoms with Crippen molar-refractivity contribution in [1.82, 2.24) is 4.90 Å². The van der Waals surface area contributed by atoms with Crippen LogP contribution in [0.1, 0.15) is 35.4 Å². The van der Waals surface area contributed by atoms with Crippen molar-refractivity contribution in [3.63, 3.8) is 0 Å². The van der Waals surface area contributed by atoms with E-state index in [4.69, 9.17) is 5.73 Å². The molecule has 2 N–H and O–H groups in total. The van der Waals surface area contributed by atoms with Crippen LogP contribution < -0.4 is 5.73 Å². The summed E-state index contributed by atoms with van der Waals surface area (Å²) >= 11 is 5.34. The first-order valence-corrected chi connectivity index (χ1v) is 8.89. The van der Waals surface area contributed by atoms with Crippen LogP contribution in [0.5, 0.6) is 0 Å². The Labute approximate surface area is 140 Å². The molecule has 2 unspecified atom stereocenters. The van der Waals surface area contributed by atoms with Crippen molar-refractivity contribution in [2.75, 3.05) is 7.05 Å². The van der Waals surface area contributed by atoms with Crippen molar-refractivity contribution in [3.8, 4) is 0 Å². The molecule has 0 saturated heterocycles. The van der Waals surface area contributed by atoms with E-state index in [1.807, 2.05) is 0 Å². The topological polar surface area (TPSA) is 29.3 Å². The van der Waals surface area contributed by atoms with Crippen LogP contribution in [0.4, 0.5) is 0 Å². The van der Waals surface area contributed by atoms with Gasteiger partial charge in [-0.05, 0) is 59.6 Å². The SMILES string of the molecule is CCC(N)C(c1ccc(Br)s1)N(C)Cc1ccccc1C. The van der Waals surface area contributed by atoms with Gasteiger partial charge in [0.2, 0.25) is 0 Å². The minimum absolute atomic E-state index is 0.143. The molecule has 2 atom stereocenters. The van der Waals surface area contributed by atoms with Crippen molar-refractivity contribution in [2.45, 2.75) is 38.9 Å². The lowest BCUT2D eigenvalue weighted by Crippen LogP contribution is -2.38. The second-order valence-electron chi connectivity index (χ2n) is 5.50. The Morgan fingerprint density at radius 1 is 1.24 bits per heavy atom. The number of hydrogen-bond acceptors (Lipinski definition) is 3. The van der Waals surface area contributed by atoms with Gasteiger partial charge in [-0.1, -0.05) is 31.2 Å². The number of likely N-dealkylation sites (N-methyl/N-ethyl adjacent to an activating group) is 1. The minimum atomic E-state index is 0.143. The Balaban J connectivity index is 2.22. The molecule has 2 rings (SSSR count). The molecule has 21 heavy (non-hydrogen) atoms. The summed E-state index contributed by atoms with van der Waals surface area (Å²) in [4.78, 5) is 3.70. The van der Waals surface area contributed by atoms with Crippen LogP contribution in [0.25, 0.3) is 0 Å². The third-order valence-corrected chi connectivity index (χ3v) is 5.61. The van der Waals surface area contributed by atoms with Crippen molar-refractivity contribution in [2.24, 2.45) is 5.73 Å². The van der Waals surface area contributed by atoms with Gasteiger partial charge in [-0.15, -0.1) is 11.3 Å². The van der Waals surface area contributed by atoms with Gasteiger partial charge < -0.3 is 5.73 Å². The molecule has 0 fully saturated rings. The molecule has 0 amide bonds. The van der Waals surface area contributed by atoms with Gasteiger partial charge in [0.25, 0.3) is 0 Å². The summed E-state index contributed by atoms with van der Waals surface area (Å²) in [6.45, 7) is 5.24. The van der Waals surface area contributed by atoms with E-state index >= 15 is 0 Å². The highest BCUT2D eigenvalue weighted by molar-refractivity contribution is 9.11. The van der Waals surface area contributed by atoms with E-state index in [2.05, 4.69) is 78.1 Å². The van der Waals surface area contributed by atoms with Crippen molar-refractivity contribution in [1.29, 1.82) is 0 Å². The van der Waals surface area contributed by atoms with Crippen molar-refractivity contribution in [3.05, 3.63) is 56.2 Å². The summed E-state index contributed by atoms with van der Waals surface area (Å²) in [5, 5.41) is 0. The van der Waals surface area contributed by atoms with Crippen molar-refractivity contribution >= 4 is 27.3 Å². The Hall–Kier alpha value is -0.680. The first-order chi connectivity index (χ1) is 10.0. The number of rotatable bonds is 6. The number of hydrogen-bond donors (Lipinski definition) is 1. The molecular formula is C17H23BrN2S. The highest BCUT2D eigenvalue weighted by atomic mass is 79.9. The zero-order valence-electron chi connectivity index (χ0n) is 12.8. The van der Waals surface area contributed by atoms with Crippen LogP contribution in [-0.4, -0.2) is 18.0 Å². The Morgan fingerprint density at radius 2 is 1.95 bits per heavy atom. The van der Waals surface area contributed by atoms with E-state index in [1.54, 1.807) is 11.3 Å². The highest BCUT2D eigenvalue weighted by Gasteiger charge is 2.24. The smallest absolute Gasteiger partial charge is 0.0702 e. The van der Waals surface area contributed by atoms with Gasteiger partial charge in [-0.2, -0.15) is 0 Å². The summed E-state index contributed by atoms with van der Waals surface area (Å²) < 4.78 is 1.16. The predicted octanol–water partition coefficient (Wildman–Crippen LogP) is 4.73. The van der Waals surface area contributed by atoms with E-state index < -0.39 is 0 Å². The van der Waals surface area contributed by atoms with E-state index in [-0.39, 0.29) is 12.1 Å². The molecule has 0 spiro atoms. The minimum Gasteiger partial charge on any atom is -0.326 e. The summed E-state index contributed by atoms with van der Waals surface area (Å²) in [5.74, 6) is 0. The van der Waals surface area contributed by atoms with E-state index in [1.165, 1.54) is 16.0 Å². The molecule has 0 radical (unpaired) electrons. The third kappa shape index (κ3) is 4.16. The first kappa shape index (κ1) is 16.7. The lowest BCUT2D eigenvalue weighted by Gasteiger charge is -2.32. The molecule has 0 aliphatic rings. The van der Waals surface area contributed by atoms with Gasteiger partial charge >= 0.3 is 0 Å². The molecule has 2 nitrogen and oxygen atoms in total. The maximum atomic E-state index is 6.40. The van der Waals surface area contributed by atoms with E-state index in [0.717, 1.165) is 16.8 Å². The van der Waals surface area contributed by atoms with Crippen LogP contribution >= 0.6 is 27.3 Å². The quantitative estimate of drug-likeness (QED) is 0.800. The molecule has 1 aromatic carbocycles. The van der Waals surface area contributed by atoms with Gasteiger partial charge in [0.05, 0.1) is 9.83 Å². The second kappa shape index (κ2) is 7.54. The maximum absolute atomic E-state index is 6.40. The number of nitrogens with zero attached hydrogens (tertiary/aromatic N) is 1. The van der Waals surface area contributed by atoms with Crippen LogP contribution in [0.2, 0.25) is 0 Å². The molecule has 114 valence electrons. The fraction of sp³-hybridized carbons (Fsp3) is 0.412. The van der Waals surface area contributed by atoms with Crippen LogP contribution in [0.3, 0.4) is 0 Å². The molecule has 1 heterocycles. The molecule has 1 aromatic heterocycles. The Kier molecular flexibility index (Phi) is 5.99. The van der Waals surface area contributed by atoms with Gasteiger partial charge in [0, 0.05) is 17.5 Å². The molecule has 4 heteroatoms. The zero-order chi connectivity index (χ0) is 15.4. The average Bonchev–Trinajstić information content (AvgIpc) is 2.87. The Morgan fingerprint density at radius 3 is 2.52 bits per heavy atom. The monoisotopic (exact) mass is 366 g/mol. The van der Waals surface area contributed by atoms with Crippen LogP contribution in [0, 0.1) is 6.92 Å². The van der Waals surface area contributed by atoms with Crippen LogP contribution in [-0.2, 0) is 6.54 Å². The van der Waals surface area contributed by atoms with E-state index in [0.29, 0.717) is 0 Å². The van der Waals surface area contributed by atoms with E-state index in [9.17, 15) is 0 Å². The summed E-state index contributed by atoms with van der Waals surface area (Å²) in [7, 11) is 2.17. The van der Waals surface area contributed by atoms with Crippen LogP contribution in [0.15, 0.2) is 40.2 Å². The fourth-order valence-electron chi connectivity index (χ4n) is 2.62. The number of nitrogens with two attached hydrogens (primary N) is 1. The molecule has 0 bridgehead atoms. The lowest BCUT2D eigenvalue weighted by molar-refractivity contribution is 0.204. The summed E-state index contributed by atoms with van der Waals surface area (Å²) in [5.41, 5.74) is 9.10. The summed E-state index contributed by atoms with van der Waals surface area (Å²) in [6, 6.07) is 13.2. The zero-order valence-corrected chi connectivity index (χ0v) is 15.2. The first-order valence-electron chi connectivity index (χ1n) is 7.28. The van der Waals surface area contributed by atoms with Gasteiger partial charge in [0.15, 0.2) is 0 Å². The third-order valence-electron chi connectivity index (χ3n) is 3.92. The molecule has 0 aliphatic heterocycles. The Bertz CT molecular complexity index is 582. The number of benzene rings is 1. The molecule has 2 aromatic rings. The number of aryl methyl sites for hydroxylation is 1. The van der Waals surface area contributed by atoms with Gasteiger partial charge in [-0.25, -0.2) is 0 Å². The van der Waals surface area contributed by atoms with Gasteiger partial charge in [0.1, 0.15) is 0 Å². The summed E-state index contributed by atoms with van der Waals surface area (Å²) in [6.07, 6.45) is 0.971. The molecular weight excluding hydrogens is 344 g/mol. The van der Waals surface area contributed by atoms with Crippen molar-refractivity contribution < 1.29 is 0 Å². The van der Waals surface area contributed by atoms with Gasteiger partial charge in [-0.3, -0.25) is 4.90 Å². The normalized spacial score (nSPS) is 14.4. The maximum Gasteiger partial charge on any atom is 0.0702 e. The molecule has 0 saturated carbocycles. The fourth-order valence-corrected chi connectivity index (χ4v) is 4.29. The number of thiophene rings is 1. The molecule has 0 aliphatic carbocycles. The number of halogens is 1. The predicted molar refractivity (Wildman–Crippen MR) is 95.7 cm³/mol. The average molecular weight is 367 g/mol. The highest BCUT2D eigenvalue weighted by Crippen LogP contribution is 2.33. The second-order valence-corrected chi connectivity index (χ2v) is 8.00.